The van der Waals surface area contributed by atoms with Gasteiger partial charge < -0.3 is 5.32 Å². The maximum absolute atomic E-state index is 4.06. The van der Waals surface area contributed by atoms with Crippen LogP contribution in [0.5, 0.6) is 0 Å². The van der Waals surface area contributed by atoms with Crippen LogP contribution >= 0.6 is 11.3 Å². The third-order valence-electron chi connectivity index (χ3n) is 5.75. The lowest BCUT2D eigenvalue weighted by atomic mass is 9.53. The van der Waals surface area contributed by atoms with Crippen LogP contribution in [0.3, 0.4) is 0 Å². The fourth-order valence-electron chi connectivity index (χ4n) is 5.50. The Morgan fingerprint density at radius 3 is 2.16 bits per heavy atom. The van der Waals surface area contributed by atoms with E-state index in [-0.39, 0.29) is 0 Å². The third-order valence-corrected chi connectivity index (χ3v) is 6.93. The Labute approximate surface area is 120 Å². The van der Waals surface area contributed by atoms with E-state index in [9.17, 15) is 0 Å². The van der Waals surface area contributed by atoms with Crippen LogP contribution in [0.25, 0.3) is 0 Å². The number of aryl methyl sites for hydroxylation is 1. The zero-order chi connectivity index (χ0) is 13.0. The molecule has 5 rings (SSSR count). The summed E-state index contributed by atoms with van der Waals surface area (Å²) in [6.07, 6.45) is 8.96. The largest absolute Gasteiger partial charge is 0.304 e. The molecular formula is C17H25NS. The van der Waals surface area contributed by atoms with Gasteiger partial charge in [0.1, 0.15) is 0 Å². The highest BCUT2D eigenvalue weighted by molar-refractivity contribution is 7.12. The summed E-state index contributed by atoms with van der Waals surface area (Å²) in [6, 6.07) is 5.12. The summed E-state index contributed by atoms with van der Waals surface area (Å²) in [7, 11) is 0. The summed E-state index contributed by atoms with van der Waals surface area (Å²) in [5.41, 5.74) is 0.492. The molecule has 2 heteroatoms. The molecule has 19 heavy (non-hydrogen) atoms. The first-order valence-corrected chi connectivity index (χ1v) is 8.78. The average molecular weight is 275 g/mol. The molecular weight excluding hydrogens is 250 g/mol. The minimum atomic E-state index is 0.492. The molecule has 4 bridgehead atoms. The van der Waals surface area contributed by atoms with Crippen molar-refractivity contribution in [1.29, 1.82) is 0 Å². The second-order valence-corrected chi connectivity index (χ2v) is 8.83. The summed E-state index contributed by atoms with van der Waals surface area (Å²) in [5.74, 6) is 3.11. The zero-order valence-electron chi connectivity index (χ0n) is 12.1. The van der Waals surface area contributed by atoms with Crippen LogP contribution in [0.15, 0.2) is 12.1 Å². The van der Waals surface area contributed by atoms with Crippen LogP contribution in [0.2, 0.25) is 0 Å². The Hall–Kier alpha value is -0.340. The van der Waals surface area contributed by atoms with Crippen LogP contribution in [-0.4, -0.2) is 5.54 Å². The number of rotatable bonds is 3. The van der Waals surface area contributed by atoms with Gasteiger partial charge in [-0.15, -0.1) is 11.3 Å². The molecule has 0 saturated heterocycles. The molecule has 1 N–H and O–H groups in total. The van der Waals surface area contributed by atoms with Gasteiger partial charge in [-0.05, 0) is 82.3 Å². The van der Waals surface area contributed by atoms with E-state index in [1.807, 2.05) is 11.3 Å². The first kappa shape index (κ1) is 12.4. The van der Waals surface area contributed by atoms with Crippen molar-refractivity contribution in [2.45, 2.75) is 64.0 Å². The molecule has 4 aliphatic carbocycles. The first-order chi connectivity index (χ1) is 9.12. The molecule has 4 aliphatic rings. The predicted octanol–water partition coefficient (Wildman–Crippen LogP) is 4.68. The molecule has 1 aromatic heterocycles. The molecule has 0 spiro atoms. The lowest BCUT2D eigenvalue weighted by Crippen LogP contribution is -2.58. The van der Waals surface area contributed by atoms with E-state index in [0.29, 0.717) is 11.6 Å². The number of nitrogens with one attached hydrogen (secondary N) is 1. The highest BCUT2D eigenvalue weighted by atomic mass is 32.1. The van der Waals surface area contributed by atoms with Gasteiger partial charge in [0.2, 0.25) is 0 Å². The Morgan fingerprint density at radius 2 is 1.68 bits per heavy atom. The van der Waals surface area contributed by atoms with Gasteiger partial charge >= 0.3 is 0 Å². The van der Waals surface area contributed by atoms with E-state index in [1.54, 1.807) is 0 Å². The molecule has 0 aliphatic heterocycles. The van der Waals surface area contributed by atoms with Gasteiger partial charge in [-0.1, -0.05) is 0 Å². The van der Waals surface area contributed by atoms with Crippen LogP contribution in [0.4, 0.5) is 0 Å². The van der Waals surface area contributed by atoms with Crippen LogP contribution < -0.4 is 5.32 Å². The van der Waals surface area contributed by atoms with Crippen molar-refractivity contribution in [2.75, 3.05) is 0 Å². The lowest BCUT2D eigenvalue weighted by Gasteiger charge is -2.57. The topological polar surface area (TPSA) is 12.0 Å². The van der Waals surface area contributed by atoms with Crippen LogP contribution in [0, 0.1) is 24.7 Å². The van der Waals surface area contributed by atoms with Gasteiger partial charge in [-0.25, -0.2) is 0 Å². The molecule has 1 heterocycles. The van der Waals surface area contributed by atoms with E-state index < -0.39 is 0 Å². The fraction of sp³-hybridized carbons (Fsp3) is 0.765. The SMILES string of the molecule is Cc1ccc(C(C)NC23CC4CC(CC(C4)C2)C3)s1. The summed E-state index contributed by atoms with van der Waals surface area (Å²) in [4.78, 5) is 2.96. The van der Waals surface area contributed by atoms with Crippen molar-refractivity contribution < 1.29 is 0 Å². The van der Waals surface area contributed by atoms with Crippen molar-refractivity contribution in [3.8, 4) is 0 Å². The lowest BCUT2D eigenvalue weighted by molar-refractivity contribution is -0.0243. The van der Waals surface area contributed by atoms with Crippen molar-refractivity contribution in [2.24, 2.45) is 17.8 Å². The standard InChI is InChI=1S/C17H25NS/c1-11-3-4-16(19-11)12(2)18-17-8-13-5-14(9-17)7-15(6-13)10-17/h3-4,12-15,18H,5-10H2,1-2H3. The molecule has 4 fully saturated rings. The molecule has 0 amide bonds. The average Bonchev–Trinajstić information content (AvgIpc) is 2.73. The molecule has 0 aromatic carbocycles. The van der Waals surface area contributed by atoms with Crippen molar-refractivity contribution >= 4 is 11.3 Å². The summed E-state index contributed by atoms with van der Waals surface area (Å²) in [6.45, 7) is 4.58. The van der Waals surface area contributed by atoms with Gasteiger partial charge in [-0.3, -0.25) is 0 Å². The van der Waals surface area contributed by atoms with E-state index >= 15 is 0 Å². The van der Waals surface area contributed by atoms with Crippen LogP contribution in [0.1, 0.15) is 61.2 Å². The number of thiophene rings is 1. The van der Waals surface area contributed by atoms with Crippen molar-refractivity contribution in [3.63, 3.8) is 0 Å². The maximum atomic E-state index is 4.06. The third kappa shape index (κ3) is 2.17. The zero-order valence-corrected chi connectivity index (χ0v) is 12.9. The van der Waals surface area contributed by atoms with Crippen molar-refractivity contribution in [3.05, 3.63) is 21.9 Å². The fourth-order valence-corrected chi connectivity index (χ4v) is 6.38. The minimum absolute atomic E-state index is 0.492. The normalized spacial score (nSPS) is 41.7. The molecule has 1 atom stereocenters. The second-order valence-electron chi connectivity index (χ2n) is 7.51. The van der Waals surface area contributed by atoms with Gasteiger partial charge in [0.25, 0.3) is 0 Å². The van der Waals surface area contributed by atoms with Gasteiger partial charge in [0.15, 0.2) is 0 Å². The Kier molecular flexibility index (Phi) is 2.82. The quantitative estimate of drug-likeness (QED) is 0.845. The Bertz CT molecular complexity index is 440. The first-order valence-electron chi connectivity index (χ1n) is 7.96. The van der Waals surface area contributed by atoms with Crippen LogP contribution in [-0.2, 0) is 0 Å². The van der Waals surface area contributed by atoms with Gasteiger partial charge in [0.05, 0.1) is 0 Å². The molecule has 1 aromatic rings. The molecule has 1 nitrogen and oxygen atoms in total. The molecule has 1 unspecified atom stereocenters. The highest BCUT2D eigenvalue weighted by Crippen LogP contribution is 2.56. The smallest absolute Gasteiger partial charge is 0.0390 e. The van der Waals surface area contributed by atoms with Gasteiger partial charge in [0, 0.05) is 21.3 Å². The minimum Gasteiger partial charge on any atom is -0.304 e. The molecule has 0 radical (unpaired) electrons. The second kappa shape index (κ2) is 4.33. The van der Waals surface area contributed by atoms with E-state index in [4.69, 9.17) is 0 Å². The van der Waals surface area contributed by atoms with E-state index in [2.05, 4.69) is 31.3 Å². The Morgan fingerprint density at radius 1 is 1.11 bits per heavy atom. The summed E-state index contributed by atoms with van der Waals surface area (Å²) in [5, 5.41) is 4.06. The molecule has 104 valence electrons. The maximum Gasteiger partial charge on any atom is 0.0390 e. The highest BCUT2D eigenvalue weighted by Gasteiger charge is 2.51. The predicted molar refractivity (Wildman–Crippen MR) is 81.5 cm³/mol. The number of hydrogen-bond donors (Lipinski definition) is 1. The summed E-state index contributed by atoms with van der Waals surface area (Å²) >= 11 is 1.96. The Balaban J connectivity index is 1.53. The monoisotopic (exact) mass is 275 g/mol. The molecule has 4 saturated carbocycles. The van der Waals surface area contributed by atoms with Gasteiger partial charge in [-0.2, -0.15) is 0 Å². The van der Waals surface area contributed by atoms with Crippen molar-refractivity contribution in [1.82, 2.24) is 5.32 Å². The number of hydrogen-bond acceptors (Lipinski definition) is 2. The van der Waals surface area contributed by atoms with E-state index in [1.165, 1.54) is 48.3 Å². The summed E-state index contributed by atoms with van der Waals surface area (Å²) < 4.78 is 0. The van der Waals surface area contributed by atoms with E-state index in [0.717, 1.165) is 17.8 Å².